The molecule has 2 heteroatoms. The van der Waals surface area contributed by atoms with E-state index in [9.17, 15) is 0 Å². The minimum absolute atomic E-state index is 0.887. The Morgan fingerprint density at radius 3 is 1.83 bits per heavy atom. The van der Waals surface area contributed by atoms with Crippen LogP contribution in [-0.4, -0.2) is 16.7 Å². The highest BCUT2D eigenvalue weighted by Crippen LogP contribution is 3.28. The Kier molecular flexibility index (Phi) is 0.157. The summed E-state index contributed by atoms with van der Waals surface area (Å²) >= 11 is 0. The fourth-order valence-corrected chi connectivity index (χ4v) is 15.2. The third kappa shape index (κ3) is 0.0671. The van der Waals surface area contributed by atoms with Crippen LogP contribution in [0.3, 0.4) is 0 Å². The predicted octanol–water partition coefficient (Wildman–Crippen LogP) is 1.60. The molecule has 4 atom stereocenters. The van der Waals surface area contributed by atoms with Gasteiger partial charge in [-0.2, -0.15) is 0 Å². The monoisotopic (exact) mass is 114 g/mol. The second-order valence-corrected chi connectivity index (χ2v) is 9.74. The zero-order valence-corrected chi connectivity index (χ0v) is 4.99. The molecule has 4 saturated heterocycles. The van der Waals surface area contributed by atoms with Gasteiger partial charge in [0.1, 0.15) is 0 Å². The van der Waals surface area contributed by atoms with E-state index < -0.39 is 0 Å². The Morgan fingerprint density at radius 1 is 1.00 bits per heavy atom. The molecule has 0 amide bonds. The van der Waals surface area contributed by atoms with Gasteiger partial charge in [0.05, 0.1) is 0 Å². The van der Waals surface area contributed by atoms with Crippen molar-refractivity contribution < 1.29 is 0 Å². The summed E-state index contributed by atoms with van der Waals surface area (Å²) in [5.41, 5.74) is 2.85. The van der Waals surface area contributed by atoms with Crippen molar-refractivity contribution in [3.05, 3.63) is 0 Å². The summed E-state index contributed by atoms with van der Waals surface area (Å²) < 4.78 is 0. The van der Waals surface area contributed by atoms with Gasteiger partial charge in [-0.15, -0.1) is 0 Å². The molecular formula is C4H4P2. The van der Waals surface area contributed by atoms with Crippen molar-refractivity contribution in [2.24, 2.45) is 5.92 Å². The first-order chi connectivity index (χ1) is 3.00. The van der Waals surface area contributed by atoms with Gasteiger partial charge in [0.15, 0.2) is 0 Å². The van der Waals surface area contributed by atoms with Gasteiger partial charge in [0.25, 0.3) is 0 Å². The molecule has 4 unspecified atom stereocenters. The largest absolute Gasteiger partial charge is 0.0676 e. The Morgan fingerprint density at radius 2 is 1.67 bits per heavy atom. The van der Waals surface area contributed by atoms with Crippen LogP contribution in [0.15, 0.2) is 0 Å². The summed E-state index contributed by atoms with van der Waals surface area (Å²) in [4.78, 5) is 0. The summed E-state index contributed by atoms with van der Waals surface area (Å²) in [6.07, 6.45) is 0. The lowest BCUT2D eigenvalue weighted by molar-refractivity contribution is 0.896. The summed E-state index contributed by atoms with van der Waals surface area (Å²) in [6.45, 7) is 0. The maximum Gasteiger partial charge on any atom is 0.0119 e. The molecule has 0 nitrogen and oxygen atoms in total. The van der Waals surface area contributed by atoms with Crippen molar-refractivity contribution in [2.45, 2.75) is 16.7 Å². The number of hydrogen-bond donors (Lipinski definition) is 0. The van der Waals surface area contributed by atoms with Gasteiger partial charge in [-0.3, -0.25) is 0 Å². The molecule has 0 aromatic rings. The first-order valence-electron chi connectivity index (χ1n) is 2.57. The number of rotatable bonds is 0. The minimum atomic E-state index is 0.887. The Bertz CT molecular complexity index is 80.6. The van der Waals surface area contributed by atoms with Crippen molar-refractivity contribution >= 4 is 15.2 Å². The molecule has 1 saturated carbocycles. The topological polar surface area (TPSA) is 0 Å². The maximum atomic E-state index is 1.46. The summed E-state index contributed by atoms with van der Waals surface area (Å²) in [7, 11) is 1.77. The molecule has 0 bridgehead atoms. The van der Waals surface area contributed by atoms with Crippen LogP contribution in [-0.2, 0) is 0 Å². The predicted molar refractivity (Wildman–Crippen MR) is 28.7 cm³/mol. The van der Waals surface area contributed by atoms with Crippen LogP contribution in [0, 0.1) is 5.92 Å². The lowest BCUT2D eigenvalue weighted by Crippen LogP contribution is -1.99. The van der Waals surface area contributed by atoms with Crippen molar-refractivity contribution in [1.29, 1.82) is 0 Å². The first-order valence-corrected chi connectivity index (χ1v) is 6.23. The zero-order chi connectivity index (χ0) is 3.46. The summed E-state index contributed by atoms with van der Waals surface area (Å²) in [6, 6.07) is 0. The van der Waals surface area contributed by atoms with E-state index in [4.69, 9.17) is 0 Å². The number of hydrogen-bond acceptors (Lipinski definition) is 0. The van der Waals surface area contributed by atoms with Crippen LogP contribution >= 0.6 is 15.2 Å². The quantitative estimate of drug-likeness (QED) is 0.419. The summed E-state index contributed by atoms with van der Waals surface area (Å²) in [5.74, 6) is 1.39. The van der Waals surface area contributed by atoms with Gasteiger partial charge in [0.2, 0.25) is 0 Å². The average molecular weight is 114 g/mol. The molecule has 4 heterocycles. The smallest absolute Gasteiger partial charge is 0.0119 e. The van der Waals surface area contributed by atoms with Gasteiger partial charge in [0, 0.05) is 5.40 Å². The second-order valence-electron chi connectivity index (χ2n) is 2.73. The third-order valence-electron chi connectivity index (χ3n) is 2.71. The van der Waals surface area contributed by atoms with Crippen molar-refractivity contribution in [1.82, 2.24) is 0 Å². The molecule has 1 aliphatic carbocycles. The Hall–Kier alpha value is 0.860. The van der Waals surface area contributed by atoms with Crippen LogP contribution in [0.2, 0.25) is 0 Å². The lowest BCUT2D eigenvalue weighted by Gasteiger charge is -2.04. The molecule has 0 aromatic carbocycles. The molecule has 0 aromatic heterocycles. The van der Waals surface area contributed by atoms with Crippen molar-refractivity contribution in [2.75, 3.05) is 0 Å². The van der Waals surface area contributed by atoms with E-state index >= 15 is 0 Å². The molecule has 5 rings (SSSR count). The molecule has 5 aliphatic rings. The van der Waals surface area contributed by atoms with Crippen LogP contribution in [0.25, 0.3) is 0 Å². The van der Waals surface area contributed by atoms with E-state index in [-0.39, 0.29) is 0 Å². The Balaban J connectivity index is 2.31. The SMILES string of the molecule is C12C3C1P1C2P31. The van der Waals surface area contributed by atoms with E-state index in [1.54, 1.807) is 0 Å². The highest BCUT2D eigenvalue weighted by molar-refractivity contribution is 8.53. The van der Waals surface area contributed by atoms with E-state index in [0.717, 1.165) is 15.2 Å². The van der Waals surface area contributed by atoms with Crippen LogP contribution in [0.5, 0.6) is 0 Å². The van der Waals surface area contributed by atoms with Crippen molar-refractivity contribution in [3.8, 4) is 0 Å². The maximum absolute atomic E-state index is 1.46. The summed E-state index contributed by atoms with van der Waals surface area (Å²) in [5, 5.41) is 1.46. The highest BCUT2D eigenvalue weighted by Gasteiger charge is 2.98. The van der Waals surface area contributed by atoms with E-state index in [2.05, 4.69) is 0 Å². The van der Waals surface area contributed by atoms with Gasteiger partial charge < -0.3 is 0 Å². The highest BCUT2D eigenvalue weighted by atomic mass is 32.1. The van der Waals surface area contributed by atoms with Crippen molar-refractivity contribution in [3.63, 3.8) is 0 Å². The minimum Gasteiger partial charge on any atom is -0.0676 e. The second kappa shape index (κ2) is 0.389. The van der Waals surface area contributed by atoms with Crippen LogP contribution in [0.4, 0.5) is 0 Å². The molecule has 0 radical (unpaired) electrons. The fourth-order valence-electron chi connectivity index (χ4n) is 2.27. The molecule has 6 heavy (non-hydrogen) atoms. The van der Waals surface area contributed by atoms with E-state index in [1.807, 2.05) is 0 Å². The average Bonchev–Trinajstić information content (AvgIpc) is 1.64. The molecule has 0 spiro atoms. The lowest BCUT2D eigenvalue weighted by atomic mass is 10.5. The standard InChI is InChI=1S/C4H4P2/c1-2-3(1)6-4(1)5(2)6/h1-4H. The van der Waals surface area contributed by atoms with Gasteiger partial charge in [-0.05, 0) is 17.2 Å². The van der Waals surface area contributed by atoms with Gasteiger partial charge >= 0.3 is 0 Å². The van der Waals surface area contributed by atoms with E-state index in [0.29, 0.717) is 0 Å². The van der Waals surface area contributed by atoms with Crippen LogP contribution in [0.1, 0.15) is 0 Å². The zero-order valence-electron chi connectivity index (χ0n) is 3.20. The van der Waals surface area contributed by atoms with E-state index in [1.165, 1.54) is 22.6 Å². The molecular weight excluding hydrogens is 110 g/mol. The van der Waals surface area contributed by atoms with Crippen LogP contribution < -0.4 is 0 Å². The molecule has 4 aliphatic heterocycles. The normalized spacial score (nSPS) is 108. The third-order valence-corrected chi connectivity index (χ3v) is 12.8. The molecule has 30 valence electrons. The molecule has 0 N–H and O–H groups in total. The van der Waals surface area contributed by atoms with Gasteiger partial charge in [-0.1, -0.05) is 15.2 Å². The first kappa shape index (κ1) is 2.42. The van der Waals surface area contributed by atoms with Gasteiger partial charge in [-0.25, -0.2) is 0 Å². The molecule has 5 fully saturated rings. The fraction of sp³-hybridized carbons (Fsp3) is 1.00. The Labute approximate surface area is 38.7 Å².